The molecule has 1 aromatic carbocycles. The quantitative estimate of drug-likeness (QED) is 0.861. The lowest BCUT2D eigenvalue weighted by atomic mass is 10.3. The van der Waals surface area contributed by atoms with Crippen LogP contribution >= 0.6 is 0 Å². The molecule has 0 saturated carbocycles. The molecule has 8 heteroatoms. The summed E-state index contributed by atoms with van der Waals surface area (Å²) in [4.78, 5) is 7.55. The van der Waals surface area contributed by atoms with Gasteiger partial charge in [0.25, 0.3) is 6.01 Å². The monoisotopic (exact) mass is 300 g/mol. The molecule has 1 aliphatic heterocycles. The van der Waals surface area contributed by atoms with Crippen molar-refractivity contribution in [3.05, 3.63) is 18.2 Å². The molecule has 2 aromatic rings. The highest BCUT2D eigenvalue weighted by atomic mass is 19.4. The molecule has 0 bridgehead atoms. The van der Waals surface area contributed by atoms with Crippen LogP contribution in [0.5, 0.6) is 0 Å². The highest BCUT2D eigenvalue weighted by molar-refractivity contribution is 5.86. The number of halogens is 3. The maximum atomic E-state index is 12.3. The summed E-state index contributed by atoms with van der Waals surface area (Å²) in [5, 5.41) is 0. The molecule has 114 valence electrons. The van der Waals surface area contributed by atoms with E-state index in [-0.39, 0.29) is 0 Å². The van der Waals surface area contributed by atoms with Crippen molar-refractivity contribution < 1.29 is 17.6 Å². The molecule has 0 unspecified atom stereocenters. The van der Waals surface area contributed by atoms with Crippen molar-refractivity contribution in [1.29, 1.82) is 0 Å². The van der Waals surface area contributed by atoms with Crippen LogP contribution in [0.4, 0.5) is 24.9 Å². The number of piperazine rings is 1. The molecule has 2 heterocycles. The molecule has 1 fully saturated rings. The molecule has 0 amide bonds. The van der Waals surface area contributed by atoms with Gasteiger partial charge in [-0.1, -0.05) is 6.07 Å². The van der Waals surface area contributed by atoms with Crippen molar-refractivity contribution >= 4 is 22.8 Å². The van der Waals surface area contributed by atoms with Crippen LogP contribution in [0.2, 0.25) is 0 Å². The van der Waals surface area contributed by atoms with Gasteiger partial charge in [0.1, 0.15) is 5.52 Å². The van der Waals surface area contributed by atoms with Gasteiger partial charge in [-0.25, -0.2) is 0 Å². The molecule has 0 radical (unpaired) electrons. The summed E-state index contributed by atoms with van der Waals surface area (Å²) in [6, 6.07) is 5.68. The van der Waals surface area contributed by atoms with Crippen LogP contribution in [-0.4, -0.2) is 48.8 Å². The molecule has 5 nitrogen and oxygen atoms in total. The van der Waals surface area contributed by atoms with Crippen LogP contribution in [0.1, 0.15) is 0 Å². The van der Waals surface area contributed by atoms with Crippen molar-refractivity contribution in [3.8, 4) is 0 Å². The lowest BCUT2D eigenvalue weighted by molar-refractivity contribution is -0.146. The summed E-state index contributed by atoms with van der Waals surface area (Å²) in [6.45, 7) is 0.675. The van der Waals surface area contributed by atoms with Gasteiger partial charge in [0.2, 0.25) is 0 Å². The average molecular weight is 300 g/mol. The minimum absolute atomic E-state index is 0.327. The second kappa shape index (κ2) is 5.10. The van der Waals surface area contributed by atoms with Crippen molar-refractivity contribution in [1.82, 2.24) is 9.88 Å². The Hall–Kier alpha value is -1.96. The minimum atomic E-state index is -4.16. The number of oxazole rings is 1. The Bertz CT molecular complexity index is 632. The molecule has 2 N–H and O–H groups in total. The molecular weight excluding hydrogens is 285 g/mol. The van der Waals surface area contributed by atoms with Gasteiger partial charge in [0.15, 0.2) is 5.58 Å². The third-order valence-electron chi connectivity index (χ3n) is 3.48. The first-order valence-electron chi connectivity index (χ1n) is 6.61. The van der Waals surface area contributed by atoms with Gasteiger partial charge in [0, 0.05) is 26.2 Å². The average Bonchev–Trinajstić information content (AvgIpc) is 2.83. The van der Waals surface area contributed by atoms with Crippen LogP contribution in [-0.2, 0) is 0 Å². The van der Waals surface area contributed by atoms with Crippen LogP contribution in [0, 0.1) is 0 Å². The number of aromatic nitrogens is 1. The molecular formula is C13H15F3N4O. The second-order valence-corrected chi connectivity index (χ2v) is 5.07. The first-order valence-corrected chi connectivity index (χ1v) is 6.61. The molecule has 3 rings (SSSR count). The fourth-order valence-electron chi connectivity index (χ4n) is 2.44. The number of hydrogen-bond donors (Lipinski definition) is 1. The lowest BCUT2D eigenvalue weighted by Gasteiger charge is -2.33. The molecule has 1 saturated heterocycles. The standard InChI is InChI=1S/C13H15F3N4O/c14-13(15,16)8-19-4-6-20(7-5-19)12-18-11-9(17)2-1-3-10(11)21-12/h1-3H,4-8,17H2. The Morgan fingerprint density at radius 2 is 1.90 bits per heavy atom. The molecule has 21 heavy (non-hydrogen) atoms. The molecule has 0 aliphatic carbocycles. The largest absolute Gasteiger partial charge is 0.423 e. The lowest BCUT2D eigenvalue weighted by Crippen LogP contribution is -2.49. The molecule has 1 aromatic heterocycles. The third kappa shape index (κ3) is 3.05. The van der Waals surface area contributed by atoms with E-state index < -0.39 is 12.7 Å². The summed E-state index contributed by atoms with van der Waals surface area (Å²) < 4.78 is 42.7. The van der Waals surface area contributed by atoms with Crippen LogP contribution in [0.3, 0.4) is 0 Å². The molecule has 0 atom stereocenters. The zero-order chi connectivity index (χ0) is 15.0. The van der Waals surface area contributed by atoms with Gasteiger partial charge in [-0.2, -0.15) is 18.2 Å². The van der Waals surface area contributed by atoms with Crippen molar-refractivity contribution in [3.63, 3.8) is 0 Å². The zero-order valence-electron chi connectivity index (χ0n) is 11.2. The number of benzene rings is 1. The fourth-order valence-corrected chi connectivity index (χ4v) is 2.44. The van der Waals surface area contributed by atoms with Crippen LogP contribution < -0.4 is 10.6 Å². The van der Waals surface area contributed by atoms with E-state index in [1.165, 1.54) is 4.90 Å². The van der Waals surface area contributed by atoms with E-state index in [0.29, 0.717) is 49.0 Å². The van der Waals surface area contributed by atoms with Gasteiger partial charge in [-0.05, 0) is 12.1 Å². The van der Waals surface area contributed by atoms with Crippen LogP contribution in [0.25, 0.3) is 11.1 Å². The number of para-hydroxylation sites is 1. The van der Waals surface area contributed by atoms with E-state index in [4.69, 9.17) is 10.2 Å². The maximum Gasteiger partial charge on any atom is 0.401 e. The van der Waals surface area contributed by atoms with Gasteiger partial charge < -0.3 is 15.1 Å². The summed E-state index contributed by atoms with van der Waals surface area (Å²) in [5.41, 5.74) is 7.52. The fraction of sp³-hybridized carbons (Fsp3) is 0.462. The Kier molecular flexibility index (Phi) is 3.40. The highest BCUT2D eigenvalue weighted by Gasteiger charge is 2.32. The van der Waals surface area contributed by atoms with E-state index in [9.17, 15) is 13.2 Å². The summed E-state index contributed by atoms with van der Waals surface area (Å²) in [6.07, 6.45) is -4.16. The number of anilines is 2. The Morgan fingerprint density at radius 3 is 2.52 bits per heavy atom. The van der Waals surface area contributed by atoms with Crippen molar-refractivity contribution in [2.45, 2.75) is 6.18 Å². The van der Waals surface area contributed by atoms with Crippen LogP contribution in [0.15, 0.2) is 22.6 Å². The number of hydrogen-bond acceptors (Lipinski definition) is 5. The molecule has 1 aliphatic rings. The maximum absolute atomic E-state index is 12.3. The van der Waals surface area contributed by atoms with Gasteiger partial charge in [0.05, 0.1) is 12.2 Å². The summed E-state index contributed by atoms with van der Waals surface area (Å²) in [7, 11) is 0. The number of nitrogens with zero attached hydrogens (tertiary/aromatic N) is 3. The molecule has 0 spiro atoms. The van der Waals surface area contributed by atoms with E-state index in [2.05, 4.69) is 4.98 Å². The normalized spacial score (nSPS) is 17.6. The number of rotatable bonds is 2. The first kappa shape index (κ1) is 14.0. The van der Waals surface area contributed by atoms with Crippen molar-refractivity contribution in [2.24, 2.45) is 0 Å². The number of nitrogens with two attached hydrogens (primary N) is 1. The van der Waals surface area contributed by atoms with E-state index in [1.807, 2.05) is 4.90 Å². The SMILES string of the molecule is Nc1cccc2oc(N3CCN(CC(F)(F)F)CC3)nc12. The van der Waals surface area contributed by atoms with E-state index in [0.717, 1.165) is 0 Å². The highest BCUT2D eigenvalue weighted by Crippen LogP contribution is 2.27. The zero-order valence-corrected chi connectivity index (χ0v) is 11.2. The summed E-state index contributed by atoms with van der Waals surface area (Å²) in [5.74, 6) is 0. The summed E-state index contributed by atoms with van der Waals surface area (Å²) >= 11 is 0. The second-order valence-electron chi connectivity index (χ2n) is 5.07. The van der Waals surface area contributed by atoms with E-state index >= 15 is 0 Å². The van der Waals surface area contributed by atoms with E-state index in [1.54, 1.807) is 18.2 Å². The first-order chi connectivity index (χ1) is 9.92. The van der Waals surface area contributed by atoms with Gasteiger partial charge in [-0.15, -0.1) is 0 Å². The van der Waals surface area contributed by atoms with Gasteiger partial charge >= 0.3 is 6.18 Å². The Morgan fingerprint density at radius 1 is 1.19 bits per heavy atom. The number of fused-ring (bicyclic) bond motifs is 1. The Labute approximate surface area is 119 Å². The Balaban J connectivity index is 1.70. The predicted octanol–water partition coefficient (Wildman–Crippen LogP) is 2.09. The third-order valence-corrected chi connectivity index (χ3v) is 3.48. The van der Waals surface area contributed by atoms with Gasteiger partial charge in [-0.3, -0.25) is 4.90 Å². The number of nitrogen functional groups attached to an aromatic ring is 1. The predicted molar refractivity (Wildman–Crippen MR) is 73.1 cm³/mol. The van der Waals surface area contributed by atoms with Crippen molar-refractivity contribution in [2.75, 3.05) is 43.4 Å². The topological polar surface area (TPSA) is 58.5 Å². The minimum Gasteiger partial charge on any atom is -0.423 e. The number of alkyl halides is 3. The smallest absolute Gasteiger partial charge is 0.401 e.